The topological polar surface area (TPSA) is 104 Å². The number of nitrogens with one attached hydrogen (secondary N) is 1. The van der Waals surface area contributed by atoms with Crippen molar-refractivity contribution < 1.29 is 14.6 Å². The van der Waals surface area contributed by atoms with Gasteiger partial charge in [-0.3, -0.25) is 9.89 Å². The van der Waals surface area contributed by atoms with Crippen LogP contribution in [0.5, 0.6) is 0 Å². The highest BCUT2D eigenvalue weighted by molar-refractivity contribution is 5.99. The fourth-order valence-electron chi connectivity index (χ4n) is 1.94. The van der Waals surface area contributed by atoms with E-state index in [1.165, 1.54) is 0 Å². The van der Waals surface area contributed by atoms with Crippen LogP contribution in [-0.2, 0) is 4.74 Å². The van der Waals surface area contributed by atoms with Gasteiger partial charge in [-0.2, -0.15) is 5.10 Å². The molecule has 0 saturated carbocycles. The number of aryl methyl sites for hydroxylation is 1. The number of amides is 1. The molecule has 1 atom stereocenters. The number of morpholine rings is 1. The normalized spacial score (nSPS) is 20.6. The Bertz CT molecular complexity index is 398. The van der Waals surface area contributed by atoms with Gasteiger partial charge < -0.3 is 20.5 Å². The molecule has 0 spiro atoms. The molecule has 1 aliphatic rings. The molecule has 4 N–H and O–H groups in total. The number of aromatic amines is 1. The van der Waals surface area contributed by atoms with Gasteiger partial charge in [0.05, 0.1) is 25.9 Å². The molecule has 1 aromatic rings. The quantitative estimate of drug-likeness (QED) is 0.623. The van der Waals surface area contributed by atoms with Gasteiger partial charge in [0.15, 0.2) is 5.82 Å². The molecule has 2 rings (SSSR count). The fourth-order valence-corrected chi connectivity index (χ4v) is 1.94. The van der Waals surface area contributed by atoms with E-state index in [2.05, 4.69) is 10.2 Å². The Kier molecular flexibility index (Phi) is 3.30. The number of nitrogen functional groups attached to an aromatic ring is 1. The predicted octanol–water partition coefficient (Wildman–Crippen LogP) is -0.866. The van der Waals surface area contributed by atoms with Crippen LogP contribution in [0, 0.1) is 6.92 Å². The van der Waals surface area contributed by atoms with Crippen molar-refractivity contribution in [3.8, 4) is 0 Å². The number of aliphatic hydroxyl groups excluding tert-OH is 1. The highest BCUT2D eigenvalue weighted by atomic mass is 16.5. The maximum absolute atomic E-state index is 12.3. The smallest absolute Gasteiger partial charge is 0.259 e. The van der Waals surface area contributed by atoms with Crippen LogP contribution in [0.3, 0.4) is 0 Å². The summed E-state index contributed by atoms with van der Waals surface area (Å²) < 4.78 is 5.22. The number of carbonyl (C=O) groups is 1. The van der Waals surface area contributed by atoms with Crippen LogP contribution >= 0.6 is 0 Å². The zero-order valence-electron chi connectivity index (χ0n) is 9.64. The van der Waals surface area contributed by atoms with E-state index in [1.54, 1.807) is 11.8 Å². The summed E-state index contributed by atoms with van der Waals surface area (Å²) in [5.74, 6) is -0.0215. The lowest BCUT2D eigenvalue weighted by atomic mass is 10.1. The number of hydrogen-bond donors (Lipinski definition) is 3. The van der Waals surface area contributed by atoms with Gasteiger partial charge in [-0.15, -0.1) is 0 Å². The third-order valence-corrected chi connectivity index (χ3v) is 2.89. The second-order valence-electron chi connectivity index (χ2n) is 4.02. The molecule has 0 aliphatic carbocycles. The summed E-state index contributed by atoms with van der Waals surface area (Å²) in [6.45, 7) is 2.89. The molecule has 1 aliphatic heterocycles. The minimum atomic E-state index is -0.315. The Morgan fingerprint density at radius 1 is 1.76 bits per heavy atom. The first-order chi connectivity index (χ1) is 8.15. The molecule has 94 valence electrons. The van der Waals surface area contributed by atoms with Crippen molar-refractivity contribution in [2.75, 3.05) is 32.1 Å². The predicted molar refractivity (Wildman–Crippen MR) is 60.5 cm³/mol. The van der Waals surface area contributed by atoms with Crippen LogP contribution < -0.4 is 5.73 Å². The number of aliphatic hydroxyl groups is 1. The van der Waals surface area contributed by atoms with E-state index in [-0.39, 0.29) is 24.4 Å². The van der Waals surface area contributed by atoms with Crippen LogP contribution in [0.2, 0.25) is 0 Å². The largest absolute Gasteiger partial charge is 0.394 e. The lowest BCUT2D eigenvalue weighted by molar-refractivity contribution is -0.0183. The van der Waals surface area contributed by atoms with Crippen LogP contribution in [0.4, 0.5) is 5.82 Å². The molecule has 7 heteroatoms. The Hall–Kier alpha value is -1.60. The Morgan fingerprint density at radius 2 is 2.53 bits per heavy atom. The Morgan fingerprint density at radius 3 is 3.12 bits per heavy atom. The van der Waals surface area contributed by atoms with Crippen molar-refractivity contribution in [3.05, 3.63) is 11.3 Å². The van der Waals surface area contributed by atoms with Crippen molar-refractivity contribution in [2.45, 2.75) is 13.0 Å². The summed E-state index contributed by atoms with van der Waals surface area (Å²) in [6.07, 6.45) is 0. The van der Waals surface area contributed by atoms with Crippen molar-refractivity contribution in [1.82, 2.24) is 15.1 Å². The average molecular weight is 240 g/mol. The number of hydrogen-bond acceptors (Lipinski definition) is 5. The zero-order chi connectivity index (χ0) is 12.4. The number of aromatic nitrogens is 2. The molecule has 17 heavy (non-hydrogen) atoms. The average Bonchev–Trinajstić information content (AvgIpc) is 2.68. The van der Waals surface area contributed by atoms with E-state index in [0.717, 1.165) is 0 Å². The maximum atomic E-state index is 12.3. The number of carbonyl (C=O) groups excluding carboxylic acids is 1. The van der Waals surface area contributed by atoms with E-state index < -0.39 is 0 Å². The summed E-state index contributed by atoms with van der Waals surface area (Å²) in [6, 6.07) is -0.315. The highest BCUT2D eigenvalue weighted by Gasteiger charge is 2.30. The second-order valence-corrected chi connectivity index (χ2v) is 4.02. The lowest BCUT2D eigenvalue weighted by Crippen LogP contribution is -2.50. The van der Waals surface area contributed by atoms with Gasteiger partial charge in [0.2, 0.25) is 0 Å². The summed E-state index contributed by atoms with van der Waals surface area (Å²) in [7, 11) is 0. The van der Waals surface area contributed by atoms with Gasteiger partial charge in [-0.25, -0.2) is 0 Å². The van der Waals surface area contributed by atoms with E-state index in [4.69, 9.17) is 10.5 Å². The fraction of sp³-hybridized carbons (Fsp3) is 0.600. The molecule has 1 saturated heterocycles. The minimum absolute atomic E-state index is 0.122. The van der Waals surface area contributed by atoms with Crippen molar-refractivity contribution >= 4 is 11.7 Å². The molecule has 1 fully saturated rings. The molecule has 0 aromatic carbocycles. The molecule has 1 amide bonds. The highest BCUT2D eigenvalue weighted by Crippen LogP contribution is 2.18. The van der Waals surface area contributed by atoms with Gasteiger partial charge in [-0.05, 0) is 6.92 Å². The Labute approximate surface area is 98.5 Å². The number of ether oxygens (including phenoxy) is 1. The maximum Gasteiger partial charge on any atom is 0.259 e. The minimum Gasteiger partial charge on any atom is -0.394 e. The van der Waals surface area contributed by atoms with Crippen LogP contribution in [0.15, 0.2) is 0 Å². The van der Waals surface area contributed by atoms with Crippen LogP contribution in [-0.4, -0.2) is 58.5 Å². The second kappa shape index (κ2) is 4.72. The van der Waals surface area contributed by atoms with Crippen molar-refractivity contribution in [1.29, 1.82) is 0 Å². The molecule has 1 aromatic heterocycles. The first-order valence-electron chi connectivity index (χ1n) is 5.45. The summed E-state index contributed by atoms with van der Waals surface area (Å²) in [5, 5.41) is 15.7. The summed E-state index contributed by atoms with van der Waals surface area (Å²) in [5.41, 5.74) is 6.67. The van der Waals surface area contributed by atoms with Crippen LogP contribution in [0.25, 0.3) is 0 Å². The number of anilines is 1. The van der Waals surface area contributed by atoms with Gasteiger partial charge in [0.1, 0.15) is 5.56 Å². The van der Waals surface area contributed by atoms with Gasteiger partial charge in [0.25, 0.3) is 5.91 Å². The summed E-state index contributed by atoms with van der Waals surface area (Å²) in [4.78, 5) is 13.9. The van der Waals surface area contributed by atoms with E-state index >= 15 is 0 Å². The third-order valence-electron chi connectivity index (χ3n) is 2.89. The van der Waals surface area contributed by atoms with Crippen molar-refractivity contribution in [2.24, 2.45) is 0 Å². The molecular formula is C10H16N4O3. The monoisotopic (exact) mass is 240 g/mol. The number of nitrogens with two attached hydrogens (primary N) is 1. The number of nitrogens with zero attached hydrogens (tertiary/aromatic N) is 2. The van der Waals surface area contributed by atoms with Gasteiger partial charge >= 0.3 is 0 Å². The first kappa shape index (κ1) is 11.9. The third kappa shape index (κ3) is 2.11. The first-order valence-corrected chi connectivity index (χ1v) is 5.45. The number of H-pyrrole nitrogens is 1. The lowest BCUT2D eigenvalue weighted by Gasteiger charge is -2.34. The Balaban J connectivity index is 2.24. The van der Waals surface area contributed by atoms with Crippen LogP contribution in [0.1, 0.15) is 16.1 Å². The molecule has 1 unspecified atom stereocenters. The SMILES string of the molecule is Cc1[nH]nc(N)c1C(=O)N1CCOCC1CO. The molecule has 0 bridgehead atoms. The van der Waals surface area contributed by atoms with Gasteiger partial charge in [0, 0.05) is 12.2 Å². The van der Waals surface area contributed by atoms with E-state index in [0.29, 0.717) is 31.0 Å². The summed E-state index contributed by atoms with van der Waals surface area (Å²) >= 11 is 0. The molecule has 0 radical (unpaired) electrons. The van der Waals surface area contributed by atoms with E-state index in [1.807, 2.05) is 0 Å². The van der Waals surface area contributed by atoms with E-state index in [9.17, 15) is 9.90 Å². The standard InChI is InChI=1S/C10H16N4O3/c1-6-8(9(11)13-12-6)10(16)14-2-3-17-5-7(14)4-15/h7,15H,2-5H2,1H3,(H3,11,12,13). The number of rotatable bonds is 2. The molecule has 2 heterocycles. The zero-order valence-corrected chi connectivity index (χ0v) is 9.64. The molecular weight excluding hydrogens is 224 g/mol. The molecule has 7 nitrogen and oxygen atoms in total. The van der Waals surface area contributed by atoms with Gasteiger partial charge in [-0.1, -0.05) is 0 Å². The van der Waals surface area contributed by atoms with Crippen molar-refractivity contribution in [3.63, 3.8) is 0 Å².